The van der Waals surface area contributed by atoms with Crippen molar-refractivity contribution in [1.29, 1.82) is 0 Å². The first-order valence-electron chi connectivity index (χ1n) is 7.63. The van der Waals surface area contributed by atoms with Crippen LogP contribution in [0.25, 0.3) is 11.0 Å². The lowest BCUT2D eigenvalue weighted by Gasteiger charge is -2.12. The standard InChI is InChI=1S/C17H19N3O4S/c1-11-9-18-14(12(2)16(11)23-3)10-25(21,22)17-19-13-7-5-6-8-15(13)20(17)24-4/h5-9H,10H2,1-4H3. The number of hydrogen-bond acceptors (Lipinski definition) is 6. The Morgan fingerprint density at radius 2 is 1.88 bits per heavy atom. The van der Waals surface area contributed by atoms with E-state index in [-0.39, 0.29) is 10.9 Å². The molecule has 0 atom stereocenters. The van der Waals surface area contributed by atoms with Crippen LogP contribution in [0.15, 0.2) is 35.6 Å². The van der Waals surface area contributed by atoms with Crippen LogP contribution in [-0.4, -0.2) is 37.3 Å². The number of para-hydroxylation sites is 2. The highest BCUT2D eigenvalue weighted by atomic mass is 32.2. The summed E-state index contributed by atoms with van der Waals surface area (Å²) in [6, 6.07) is 7.08. The fraction of sp³-hybridized carbons (Fsp3) is 0.294. The normalized spacial score (nSPS) is 11.7. The Balaban J connectivity index is 2.10. The molecule has 0 N–H and O–H groups in total. The summed E-state index contributed by atoms with van der Waals surface area (Å²) in [6.45, 7) is 3.66. The van der Waals surface area contributed by atoms with Crippen LogP contribution in [0.5, 0.6) is 5.75 Å². The molecule has 8 heteroatoms. The number of methoxy groups -OCH3 is 1. The first-order valence-corrected chi connectivity index (χ1v) is 9.28. The zero-order valence-electron chi connectivity index (χ0n) is 14.5. The van der Waals surface area contributed by atoms with Gasteiger partial charge in [0.05, 0.1) is 18.3 Å². The molecule has 0 bridgehead atoms. The monoisotopic (exact) mass is 361 g/mol. The third-order valence-electron chi connectivity index (χ3n) is 4.03. The molecule has 25 heavy (non-hydrogen) atoms. The molecule has 2 aromatic heterocycles. The fourth-order valence-corrected chi connectivity index (χ4v) is 4.26. The highest BCUT2D eigenvalue weighted by Crippen LogP contribution is 2.27. The number of aromatic nitrogens is 3. The minimum Gasteiger partial charge on any atom is -0.496 e. The van der Waals surface area contributed by atoms with E-state index in [2.05, 4.69) is 9.97 Å². The van der Waals surface area contributed by atoms with Crippen LogP contribution in [0.2, 0.25) is 0 Å². The maximum absolute atomic E-state index is 12.9. The van der Waals surface area contributed by atoms with Gasteiger partial charge in [0.2, 0.25) is 9.84 Å². The second-order valence-electron chi connectivity index (χ2n) is 5.67. The molecule has 0 amide bonds. The highest BCUT2D eigenvalue weighted by Gasteiger charge is 2.27. The maximum Gasteiger partial charge on any atom is 0.262 e. The van der Waals surface area contributed by atoms with E-state index in [1.807, 2.05) is 6.92 Å². The van der Waals surface area contributed by atoms with Gasteiger partial charge in [-0.25, -0.2) is 13.4 Å². The molecule has 0 aliphatic carbocycles. The van der Waals surface area contributed by atoms with Crippen molar-refractivity contribution in [3.8, 4) is 5.75 Å². The van der Waals surface area contributed by atoms with E-state index >= 15 is 0 Å². The van der Waals surface area contributed by atoms with Crippen molar-refractivity contribution in [2.75, 3.05) is 14.2 Å². The minimum absolute atomic E-state index is 0.142. The third-order valence-corrected chi connectivity index (χ3v) is 5.49. The Hall–Kier alpha value is -2.61. The average Bonchev–Trinajstić information content (AvgIpc) is 2.97. The summed E-state index contributed by atoms with van der Waals surface area (Å²) in [5.41, 5.74) is 3.12. The second kappa shape index (κ2) is 6.36. The van der Waals surface area contributed by atoms with Crippen molar-refractivity contribution < 1.29 is 18.0 Å². The number of aryl methyl sites for hydroxylation is 1. The van der Waals surface area contributed by atoms with Gasteiger partial charge in [0.15, 0.2) is 0 Å². The van der Waals surface area contributed by atoms with Crippen LogP contribution in [0.1, 0.15) is 16.8 Å². The summed E-state index contributed by atoms with van der Waals surface area (Å²) < 4.78 is 32.5. The summed E-state index contributed by atoms with van der Waals surface area (Å²) in [5.74, 6) is 0.350. The number of benzene rings is 1. The number of sulfone groups is 1. The molecular weight excluding hydrogens is 342 g/mol. The lowest BCUT2D eigenvalue weighted by molar-refractivity contribution is 0.152. The van der Waals surface area contributed by atoms with E-state index < -0.39 is 9.84 Å². The van der Waals surface area contributed by atoms with Crippen molar-refractivity contribution in [2.24, 2.45) is 0 Å². The molecule has 0 spiro atoms. The first kappa shape index (κ1) is 17.2. The molecule has 0 aliphatic heterocycles. The van der Waals surface area contributed by atoms with Gasteiger partial charge in [0.1, 0.15) is 24.1 Å². The molecule has 0 saturated heterocycles. The first-order chi connectivity index (χ1) is 11.9. The highest BCUT2D eigenvalue weighted by molar-refractivity contribution is 7.90. The molecule has 0 fully saturated rings. The van der Waals surface area contributed by atoms with Gasteiger partial charge in [-0.2, -0.15) is 4.73 Å². The van der Waals surface area contributed by atoms with E-state index in [0.29, 0.717) is 28.0 Å². The van der Waals surface area contributed by atoms with E-state index in [1.54, 1.807) is 44.5 Å². The molecule has 0 radical (unpaired) electrons. The molecule has 3 aromatic rings. The van der Waals surface area contributed by atoms with Gasteiger partial charge in [-0.3, -0.25) is 4.98 Å². The van der Waals surface area contributed by atoms with E-state index in [4.69, 9.17) is 9.57 Å². The van der Waals surface area contributed by atoms with Crippen LogP contribution in [-0.2, 0) is 15.6 Å². The van der Waals surface area contributed by atoms with Gasteiger partial charge in [0.25, 0.3) is 5.16 Å². The maximum atomic E-state index is 12.9. The van der Waals surface area contributed by atoms with Gasteiger partial charge < -0.3 is 9.57 Å². The predicted octanol–water partition coefficient (Wildman–Crippen LogP) is 2.09. The molecule has 132 valence electrons. The number of nitrogens with zero attached hydrogens (tertiary/aromatic N) is 3. The van der Waals surface area contributed by atoms with Crippen molar-refractivity contribution in [3.63, 3.8) is 0 Å². The van der Waals surface area contributed by atoms with Crippen LogP contribution >= 0.6 is 0 Å². The Morgan fingerprint density at radius 1 is 1.16 bits per heavy atom. The SMILES string of the molecule is COc1c(C)cnc(CS(=O)(=O)c2nc3ccccc3n2OC)c1C. The Morgan fingerprint density at radius 3 is 2.56 bits per heavy atom. The molecule has 1 aromatic carbocycles. The van der Waals surface area contributed by atoms with E-state index in [0.717, 1.165) is 5.56 Å². The molecule has 7 nitrogen and oxygen atoms in total. The number of imidazole rings is 1. The van der Waals surface area contributed by atoms with Crippen LogP contribution in [0.3, 0.4) is 0 Å². The molecule has 0 unspecified atom stereocenters. The van der Waals surface area contributed by atoms with Gasteiger partial charge in [-0.05, 0) is 26.0 Å². The minimum atomic E-state index is -3.77. The smallest absolute Gasteiger partial charge is 0.262 e. The summed E-state index contributed by atoms with van der Waals surface area (Å²) in [4.78, 5) is 13.7. The van der Waals surface area contributed by atoms with Crippen molar-refractivity contribution >= 4 is 20.9 Å². The molecule has 0 saturated carbocycles. The van der Waals surface area contributed by atoms with Gasteiger partial charge >= 0.3 is 0 Å². The van der Waals surface area contributed by atoms with Gasteiger partial charge in [-0.15, -0.1) is 0 Å². The van der Waals surface area contributed by atoms with Crippen molar-refractivity contribution in [2.45, 2.75) is 24.8 Å². The van der Waals surface area contributed by atoms with Crippen LogP contribution in [0, 0.1) is 13.8 Å². The Kier molecular flexibility index (Phi) is 4.38. The molecule has 0 aliphatic rings. The third kappa shape index (κ3) is 2.93. The quantitative estimate of drug-likeness (QED) is 0.692. The lowest BCUT2D eigenvalue weighted by atomic mass is 10.1. The number of ether oxygens (including phenoxy) is 1. The number of hydrogen-bond donors (Lipinski definition) is 0. The largest absolute Gasteiger partial charge is 0.496 e. The van der Waals surface area contributed by atoms with Crippen LogP contribution in [0.4, 0.5) is 0 Å². The zero-order valence-corrected chi connectivity index (χ0v) is 15.3. The lowest BCUT2D eigenvalue weighted by Crippen LogP contribution is -2.17. The average molecular weight is 361 g/mol. The summed E-state index contributed by atoms with van der Waals surface area (Å²) >= 11 is 0. The molecule has 3 rings (SSSR count). The summed E-state index contributed by atoms with van der Waals surface area (Å²) in [6.07, 6.45) is 1.61. The molecule has 2 heterocycles. The Bertz CT molecular complexity index is 1040. The van der Waals surface area contributed by atoms with Crippen molar-refractivity contribution in [1.82, 2.24) is 14.7 Å². The second-order valence-corrected chi connectivity index (χ2v) is 7.55. The van der Waals surface area contributed by atoms with E-state index in [1.165, 1.54) is 11.8 Å². The zero-order chi connectivity index (χ0) is 18.2. The van der Waals surface area contributed by atoms with Gasteiger partial charge in [0, 0.05) is 17.3 Å². The molecular formula is C17H19N3O4S. The van der Waals surface area contributed by atoms with Crippen LogP contribution < -0.4 is 9.57 Å². The Labute approximate surface area is 146 Å². The number of fused-ring (bicyclic) bond motifs is 1. The van der Waals surface area contributed by atoms with E-state index in [9.17, 15) is 8.42 Å². The fourth-order valence-electron chi connectivity index (χ4n) is 2.82. The summed E-state index contributed by atoms with van der Waals surface area (Å²) in [5, 5.41) is -0.142. The van der Waals surface area contributed by atoms with Gasteiger partial charge in [-0.1, -0.05) is 12.1 Å². The number of pyridine rings is 1. The summed E-state index contributed by atoms with van der Waals surface area (Å²) in [7, 11) is -0.808. The number of rotatable bonds is 5. The van der Waals surface area contributed by atoms with Crippen molar-refractivity contribution in [3.05, 3.63) is 47.3 Å². The topological polar surface area (TPSA) is 83.3 Å². The predicted molar refractivity (Wildman–Crippen MR) is 93.4 cm³/mol.